The highest BCUT2D eigenvalue weighted by molar-refractivity contribution is 6.12. The van der Waals surface area contributed by atoms with Gasteiger partial charge in [0.25, 0.3) is 0 Å². The quantitative estimate of drug-likeness (QED) is 0.169. The molecule has 0 radical (unpaired) electrons. The predicted octanol–water partition coefficient (Wildman–Crippen LogP) is 11.5. The molecule has 238 valence electrons. The lowest BCUT2D eigenvalue weighted by Crippen LogP contribution is -2.13. The Morgan fingerprint density at radius 3 is 1.92 bits per heavy atom. The minimum atomic E-state index is 0.319. The highest BCUT2D eigenvalue weighted by atomic mass is 15.2. The SMILES string of the molecule is C[C@@H]1CC=CC=C1c1nc(-c2ccccc2)nc(-c2ccc(N(c3cccc4ccccc34)c3nc4ccccc4c4ccccc34)cc2)n1. The normalized spacial score (nSPS) is 14.3. The van der Waals surface area contributed by atoms with Crippen molar-refractivity contribution in [3.05, 3.63) is 170 Å². The monoisotopic (exact) mass is 643 g/mol. The maximum Gasteiger partial charge on any atom is 0.164 e. The maximum absolute atomic E-state index is 5.34. The number of aromatic nitrogens is 4. The van der Waals surface area contributed by atoms with Gasteiger partial charge in [-0.3, -0.25) is 4.90 Å². The van der Waals surface area contributed by atoms with Crippen LogP contribution in [0.3, 0.4) is 0 Å². The Balaban J connectivity index is 1.23. The summed E-state index contributed by atoms with van der Waals surface area (Å²) in [6.07, 6.45) is 7.39. The molecule has 1 atom stereocenters. The lowest BCUT2D eigenvalue weighted by Gasteiger charge is -2.27. The van der Waals surface area contributed by atoms with E-state index in [1.165, 1.54) is 10.8 Å². The van der Waals surface area contributed by atoms with E-state index in [2.05, 4.69) is 145 Å². The van der Waals surface area contributed by atoms with Crippen molar-refractivity contribution in [2.75, 3.05) is 4.90 Å². The summed E-state index contributed by atoms with van der Waals surface area (Å²) in [7, 11) is 0. The number of pyridine rings is 1. The van der Waals surface area contributed by atoms with Crippen molar-refractivity contribution in [3.8, 4) is 22.8 Å². The summed E-state index contributed by atoms with van der Waals surface area (Å²) in [6.45, 7) is 2.22. The first-order valence-corrected chi connectivity index (χ1v) is 17.1. The summed E-state index contributed by atoms with van der Waals surface area (Å²) in [5, 5.41) is 5.71. The Morgan fingerprint density at radius 1 is 0.520 bits per heavy atom. The number of fused-ring (bicyclic) bond motifs is 4. The molecule has 2 heterocycles. The molecule has 2 aromatic heterocycles. The van der Waals surface area contributed by atoms with Crippen LogP contribution in [0.5, 0.6) is 0 Å². The van der Waals surface area contributed by atoms with E-state index in [9.17, 15) is 0 Å². The second kappa shape index (κ2) is 12.5. The molecule has 0 spiro atoms. The fourth-order valence-electron chi connectivity index (χ4n) is 6.99. The molecule has 8 aromatic rings. The summed E-state index contributed by atoms with van der Waals surface area (Å²) < 4.78 is 0. The Bertz CT molecular complexity index is 2580. The van der Waals surface area contributed by atoms with Gasteiger partial charge in [0.15, 0.2) is 17.5 Å². The van der Waals surface area contributed by atoms with Gasteiger partial charge in [-0.2, -0.15) is 0 Å². The molecule has 1 aliphatic rings. The summed E-state index contributed by atoms with van der Waals surface area (Å²) in [5.41, 5.74) is 6.01. The standard InChI is InChI=1S/C45H33N5/c1-30-14-5-7-19-35(30)44-48-42(32-16-3-2-4-17-32)47-43(49-44)33-26-28-34(29-27-33)50(41-25-13-18-31-15-6-8-20-36(31)41)45-39-23-10-9-21-37(39)38-22-11-12-24-40(38)46-45/h2-13,15-30H,14H2,1H3/t30-/m1/s1. The molecule has 9 rings (SSSR count). The molecule has 1 aliphatic carbocycles. The number of hydrogen-bond acceptors (Lipinski definition) is 5. The Kier molecular flexibility index (Phi) is 7.43. The highest BCUT2D eigenvalue weighted by Gasteiger charge is 2.22. The van der Waals surface area contributed by atoms with Gasteiger partial charge >= 0.3 is 0 Å². The van der Waals surface area contributed by atoms with Crippen molar-refractivity contribution >= 4 is 55.2 Å². The smallest absolute Gasteiger partial charge is 0.164 e. The molecule has 0 aliphatic heterocycles. The second-order valence-electron chi connectivity index (χ2n) is 12.7. The molecule has 5 heteroatoms. The fourth-order valence-corrected chi connectivity index (χ4v) is 6.99. The van der Waals surface area contributed by atoms with Gasteiger partial charge in [-0.25, -0.2) is 19.9 Å². The molecular formula is C45H33N5. The van der Waals surface area contributed by atoms with Crippen molar-refractivity contribution in [2.45, 2.75) is 13.3 Å². The number of rotatable bonds is 6. The van der Waals surface area contributed by atoms with Crippen molar-refractivity contribution in [3.63, 3.8) is 0 Å². The van der Waals surface area contributed by atoms with Gasteiger partial charge in [0.2, 0.25) is 0 Å². The Labute approximate surface area is 291 Å². The first kappa shape index (κ1) is 29.7. The van der Waals surface area contributed by atoms with E-state index in [0.717, 1.165) is 67.8 Å². The molecule has 5 nitrogen and oxygen atoms in total. The predicted molar refractivity (Wildman–Crippen MR) is 207 cm³/mol. The number of hydrogen-bond donors (Lipinski definition) is 0. The van der Waals surface area contributed by atoms with Crippen LogP contribution in [0.15, 0.2) is 164 Å². The average molecular weight is 644 g/mol. The molecule has 0 bridgehead atoms. The van der Waals surface area contributed by atoms with E-state index in [1.54, 1.807) is 0 Å². The lowest BCUT2D eigenvalue weighted by molar-refractivity contribution is 0.747. The summed E-state index contributed by atoms with van der Waals surface area (Å²) in [4.78, 5) is 22.7. The molecule has 0 unspecified atom stereocenters. The van der Waals surface area contributed by atoms with Crippen LogP contribution in [0.4, 0.5) is 17.2 Å². The van der Waals surface area contributed by atoms with Crippen LogP contribution in [0.1, 0.15) is 19.2 Å². The molecule has 0 saturated heterocycles. The number of anilines is 3. The number of allylic oxidation sites excluding steroid dienone is 4. The van der Waals surface area contributed by atoms with Crippen LogP contribution >= 0.6 is 0 Å². The molecule has 0 fully saturated rings. The Morgan fingerprint density at radius 2 is 1.14 bits per heavy atom. The van der Waals surface area contributed by atoms with Crippen molar-refractivity contribution < 1.29 is 0 Å². The number of nitrogens with zero attached hydrogens (tertiary/aromatic N) is 5. The van der Waals surface area contributed by atoms with Gasteiger partial charge in [-0.05, 0) is 59.5 Å². The fraction of sp³-hybridized carbons (Fsp3) is 0.0667. The molecular weight excluding hydrogens is 611 g/mol. The van der Waals surface area contributed by atoms with E-state index in [4.69, 9.17) is 19.9 Å². The third-order valence-electron chi connectivity index (χ3n) is 9.55. The molecule has 0 amide bonds. The molecule has 50 heavy (non-hydrogen) atoms. The van der Waals surface area contributed by atoms with Gasteiger partial charge < -0.3 is 0 Å². The van der Waals surface area contributed by atoms with Gasteiger partial charge in [-0.15, -0.1) is 0 Å². The minimum absolute atomic E-state index is 0.319. The molecule has 6 aromatic carbocycles. The van der Waals surface area contributed by atoms with Gasteiger partial charge in [0.05, 0.1) is 11.2 Å². The maximum atomic E-state index is 5.34. The summed E-state index contributed by atoms with van der Waals surface area (Å²) in [5.74, 6) is 3.23. The van der Waals surface area contributed by atoms with E-state index < -0.39 is 0 Å². The zero-order chi connectivity index (χ0) is 33.4. The van der Waals surface area contributed by atoms with Crippen molar-refractivity contribution in [1.29, 1.82) is 0 Å². The van der Waals surface area contributed by atoms with Gasteiger partial charge in [0, 0.05) is 38.5 Å². The molecule has 0 saturated carbocycles. The van der Waals surface area contributed by atoms with E-state index in [-0.39, 0.29) is 0 Å². The number of para-hydroxylation sites is 1. The van der Waals surface area contributed by atoms with Crippen LogP contribution in [0, 0.1) is 5.92 Å². The first-order valence-electron chi connectivity index (χ1n) is 17.1. The van der Waals surface area contributed by atoms with Crippen LogP contribution in [0.2, 0.25) is 0 Å². The van der Waals surface area contributed by atoms with Crippen LogP contribution < -0.4 is 4.90 Å². The van der Waals surface area contributed by atoms with Crippen LogP contribution in [-0.2, 0) is 0 Å². The van der Waals surface area contributed by atoms with Crippen molar-refractivity contribution in [1.82, 2.24) is 19.9 Å². The average Bonchev–Trinajstić information content (AvgIpc) is 3.19. The van der Waals surface area contributed by atoms with E-state index in [0.29, 0.717) is 17.6 Å². The lowest BCUT2D eigenvalue weighted by atomic mass is 9.92. The minimum Gasteiger partial charge on any atom is -0.294 e. The van der Waals surface area contributed by atoms with Crippen LogP contribution in [0.25, 0.3) is 60.8 Å². The van der Waals surface area contributed by atoms with Crippen molar-refractivity contribution in [2.24, 2.45) is 5.92 Å². The summed E-state index contributed by atoms with van der Waals surface area (Å²) >= 11 is 0. The zero-order valence-electron chi connectivity index (χ0n) is 27.6. The first-order chi connectivity index (χ1) is 24.7. The zero-order valence-corrected chi connectivity index (χ0v) is 27.6. The molecule has 0 N–H and O–H groups in total. The topological polar surface area (TPSA) is 54.8 Å². The second-order valence-corrected chi connectivity index (χ2v) is 12.7. The summed E-state index contributed by atoms with van der Waals surface area (Å²) in [6, 6.07) is 50.6. The number of benzene rings is 6. The van der Waals surface area contributed by atoms with Crippen LogP contribution in [-0.4, -0.2) is 19.9 Å². The van der Waals surface area contributed by atoms with Gasteiger partial charge in [0.1, 0.15) is 5.82 Å². The highest BCUT2D eigenvalue weighted by Crippen LogP contribution is 2.43. The Hall–Kier alpha value is -6.46. The van der Waals surface area contributed by atoms with E-state index in [1.807, 2.05) is 30.3 Å². The van der Waals surface area contributed by atoms with Gasteiger partial charge in [-0.1, -0.05) is 134 Å². The third kappa shape index (κ3) is 5.30. The third-order valence-corrected chi connectivity index (χ3v) is 9.55. The van der Waals surface area contributed by atoms with E-state index >= 15 is 0 Å². The largest absolute Gasteiger partial charge is 0.294 e.